The average Bonchev–Trinajstić information content (AvgIpc) is 2.61. The maximum absolute atomic E-state index is 12.1. The number of benzene rings is 1. The van der Waals surface area contributed by atoms with Crippen molar-refractivity contribution in [3.63, 3.8) is 0 Å². The summed E-state index contributed by atoms with van der Waals surface area (Å²) in [6.45, 7) is -0.515. The third-order valence-corrected chi connectivity index (χ3v) is 4.06. The highest BCUT2D eigenvalue weighted by Gasteiger charge is 2.19. The number of para-hydroxylation sites is 1. The number of nitrogens with zero attached hydrogens (tertiary/aromatic N) is 2. The molecule has 2 aromatic rings. The van der Waals surface area contributed by atoms with Gasteiger partial charge in [-0.3, -0.25) is 4.79 Å². The van der Waals surface area contributed by atoms with E-state index >= 15 is 0 Å². The van der Waals surface area contributed by atoms with Crippen molar-refractivity contribution in [1.29, 1.82) is 0 Å². The molecule has 0 aliphatic carbocycles. The second-order valence-electron chi connectivity index (χ2n) is 4.71. The Hall–Kier alpha value is -2.55. The van der Waals surface area contributed by atoms with Gasteiger partial charge in [-0.2, -0.15) is 5.10 Å². The summed E-state index contributed by atoms with van der Waals surface area (Å²) >= 11 is 17.5. The highest BCUT2D eigenvalue weighted by atomic mass is 35.5. The summed E-state index contributed by atoms with van der Waals surface area (Å²) in [7, 11) is 0. The van der Waals surface area contributed by atoms with E-state index in [9.17, 15) is 9.59 Å². The third-order valence-electron chi connectivity index (χ3n) is 2.93. The lowest BCUT2D eigenvalue weighted by Crippen LogP contribution is -2.20. The van der Waals surface area contributed by atoms with Crippen LogP contribution in [0.1, 0.15) is 16.1 Å². The number of aromatic nitrogens is 1. The first-order chi connectivity index (χ1) is 12.3. The Kier molecular flexibility index (Phi) is 6.62. The fourth-order valence-electron chi connectivity index (χ4n) is 1.75. The molecule has 8 nitrogen and oxygen atoms in total. The highest BCUT2D eigenvalue weighted by Crippen LogP contribution is 2.34. The molecule has 0 radical (unpaired) electrons. The van der Waals surface area contributed by atoms with Crippen molar-refractivity contribution in [1.82, 2.24) is 10.4 Å². The maximum atomic E-state index is 12.1. The van der Waals surface area contributed by atoms with E-state index < -0.39 is 18.5 Å². The number of nitrogen functional groups attached to an aromatic ring is 1. The van der Waals surface area contributed by atoms with Crippen molar-refractivity contribution in [2.45, 2.75) is 0 Å². The molecule has 1 amide bonds. The second-order valence-corrected chi connectivity index (χ2v) is 5.83. The first kappa shape index (κ1) is 19.8. The Bertz CT molecular complexity index is 889. The predicted octanol–water partition coefficient (Wildman–Crippen LogP) is 2.85. The van der Waals surface area contributed by atoms with Crippen molar-refractivity contribution >= 4 is 58.6 Å². The molecule has 26 heavy (non-hydrogen) atoms. The summed E-state index contributed by atoms with van der Waals surface area (Å²) < 4.78 is 5.12. The quantitative estimate of drug-likeness (QED) is 0.377. The SMILES string of the molecule is Nc1c(Cl)c(Cl)nc(C(=O)N/N=C\c2ccccc2OCC(=O)O)c1Cl. The van der Waals surface area contributed by atoms with Gasteiger partial charge in [0, 0.05) is 5.56 Å². The van der Waals surface area contributed by atoms with Gasteiger partial charge in [0.25, 0.3) is 5.91 Å². The summed E-state index contributed by atoms with van der Waals surface area (Å²) in [5.74, 6) is -1.61. The molecule has 1 heterocycles. The number of halogens is 3. The summed E-state index contributed by atoms with van der Waals surface area (Å²) in [5, 5.41) is 12.0. The Morgan fingerprint density at radius 3 is 2.65 bits per heavy atom. The predicted molar refractivity (Wildman–Crippen MR) is 98.3 cm³/mol. The number of pyridine rings is 1. The molecule has 0 atom stereocenters. The number of hydrogen-bond donors (Lipinski definition) is 3. The van der Waals surface area contributed by atoms with Crippen molar-refractivity contribution in [2.75, 3.05) is 12.3 Å². The van der Waals surface area contributed by atoms with Gasteiger partial charge in [-0.15, -0.1) is 0 Å². The van der Waals surface area contributed by atoms with E-state index in [1.54, 1.807) is 24.3 Å². The van der Waals surface area contributed by atoms with Gasteiger partial charge in [0.15, 0.2) is 17.5 Å². The van der Waals surface area contributed by atoms with E-state index in [0.29, 0.717) is 5.56 Å². The third kappa shape index (κ3) is 4.75. The van der Waals surface area contributed by atoms with E-state index in [0.717, 1.165) is 0 Å². The molecule has 1 aromatic carbocycles. The molecule has 0 spiro atoms. The number of carbonyl (C=O) groups excluding carboxylic acids is 1. The number of hydrazone groups is 1. The molecule has 0 saturated heterocycles. The van der Waals surface area contributed by atoms with Crippen LogP contribution in [0.15, 0.2) is 29.4 Å². The van der Waals surface area contributed by atoms with Crippen LogP contribution in [0.5, 0.6) is 5.75 Å². The van der Waals surface area contributed by atoms with Crippen molar-refractivity contribution in [3.05, 3.63) is 50.7 Å². The Morgan fingerprint density at radius 1 is 1.27 bits per heavy atom. The zero-order chi connectivity index (χ0) is 19.3. The van der Waals surface area contributed by atoms with Crippen LogP contribution in [0.2, 0.25) is 15.2 Å². The summed E-state index contributed by atoms with van der Waals surface area (Å²) in [6, 6.07) is 6.53. The standard InChI is InChI=1S/C15H11Cl3N4O4/c16-10-12(19)11(17)14(18)21-13(10)15(25)22-20-5-7-3-1-2-4-8(7)26-6-9(23)24/h1-5H,6H2,(H2,19,21)(H,22,25)(H,23,24)/b20-5-. The van der Waals surface area contributed by atoms with Crippen LogP contribution in [0, 0.1) is 0 Å². The minimum absolute atomic E-state index is 0.0544. The topological polar surface area (TPSA) is 127 Å². The number of carbonyl (C=O) groups is 2. The fourth-order valence-corrected chi connectivity index (χ4v) is 2.35. The number of nitrogens with two attached hydrogens (primary N) is 1. The Labute approximate surface area is 162 Å². The zero-order valence-electron chi connectivity index (χ0n) is 12.9. The Morgan fingerprint density at radius 2 is 1.96 bits per heavy atom. The minimum Gasteiger partial charge on any atom is -0.481 e. The number of rotatable bonds is 6. The number of ether oxygens (including phenoxy) is 1. The molecule has 0 bridgehead atoms. The first-order valence-corrected chi connectivity index (χ1v) is 8.01. The van der Waals surface area contributed by atoms with Gasteiger partial charge < -0.3 is 15.6 Å². The smallest absolute Gasteiger partial charge is 0.341 e. The molecule has 1 aromatic heterocycles. The lowest BCUT2D eigenvalue weighted by molar-refractivity contribution is -0.139. The van der Waals surface area contributed by atoms with Gasteiger partial charge in [0.1, 0.15) is 10.8 Å². The Balaban J connectivity index is 2.14. The molecule has 2 rings (SSSR count). The van der Waals surface area contributed by atoms with Gasteiger partial charge in [-0.05, 0) is 12.1 Å². The van der Waals surface area contributed by atoms with Crippen LogP contribution in [-0.2, 0) is 4.79 Å². The number of nitrogens with one attached hydrogen (secondary N) is 1. The van der Waals surface area contributed by atoms with Crippen LogP contribution >= 0.6 is 34.8 Å². The number of carboxylic acids is 1. The lowest BCUT2D eigenvalue weighted by Gasteiger charge is -2.08. The second kappa shape index (κ2) is 8.70. The van der Waals surface area contributed by atoms with E-state index in [2.05, 4.69) is 15.5 Å². The van der Waals surface area contributed by atoms with Crippen LogP contribution in [0.3, 0.4) is 0 Å². The summed E-state index contributed by atoms with van der Waals surface area (Å²) in [6.07, 6.45) is 1.27. The molecule has 0 fully saturated rings. The number of anilines is 1. The van der Waals surface area contributed by atoms with Crippen LogP contribution in [0.4, 0.5) is 5.69 Å². The molecule has 136 valence electrons. The molecule has 0 unspecified atom stereocenters. The zero-order valence-corrected chi connectivity index (χ0v) is 15.1. The van der Waals surface area contributed by atoms with Gasteiger partial charge >= 0.3 is 5.97 Å². The van der Waals surface area contributed by atoms with E-state index in [1.807, 2.05) is 0 Å². The summed E-state index contributed by atoms with van der Waals surface area (Å²) in [4.78, 5) is 26.5. The number of hydrogen-bond acceptors (Lipinski definition) is 6. The molecule has 0 aliphatic heterocycles. The largest absolute Gasteiger partial charge is 0.481 e. The van der Waals surface area contributed by atoms with Gasteiger partial charge in [-0.1, -0.05) is 46.9 Å². The minimum atomic E-state index is -1.12. The van der Waals surface area contributed by atoms with Crippen LogP contribution in [0.25, 0.3) is 0 Å². The molecule has 0 saturated carbocycles. The van der Waals surface area contributed by atoms with E-state index in [1.165, 1.54) is 6.21 Å². The normalized spacial score (nSPS) is 10.7. The van der Waals surface area contributed by atoms with Crippen molar-refractivity contribution < 1.29 is 19.4 Å². The van der Waals surface area contributed by atoms with Crippen LogP contribution in [-0.4, -0.2) is 34.8 Å². The van der Waals surface area contributed by atoms with Crippen molar-refractivity contribution in [2.24, 2.45) is 5.10 Å². The molecule has 4 N–H and O–H groups in total. The lowest BCUT2D eigenvalue weighted by atomic mass is 10.2. The van der Waals surface area contributed by atoms with Crippen molar-refractivity contribution in [3.8, 4) is 5.75 Å². The van der Waals surface area contributed by atoms with Gasteiger partial charge in [0.2, 0.25) is 0 Å². The van der Waals surface area contributed by atoms with E-state index in [4.69, 9.17) is 50.4 Å². The monoisotopic (exact) mass is 416 g/mol. The molecule has 11 heteroatoms. The van der Waals surface area contributed by atoms with Gasteiger partial charge in [0.05, 0.1) is 16.9 Å². The van der Waals surface area contributed by atoms with E-state index in [-0.39, 0.29) is 32.3 Å². The first-order valence-electron chi connectivity index (χ1n) is 6.88. The van der Waals surface area contributed by atoms with Crippen LogP contribution < -0.4 is 15.9 Å². The van der Waals surface area contributed by atoms with Gasteiger partial charge in [-0.25, -0.2) is 15.2 Å². The highest BCUT2D eigenvalue weighted by molar-refractivity contribution is 6.46. The molecule has 0 aliphatic rings. The fraction of sp³-hybridized carbons (Fsp3) is 0.0667. The number of aliphatic carboxylic acids is 1. The maximum Gasteiger partial charge on any atom is 0.341 e. The molecular formula is C15H11Cl3N4O4. The average molecular weight is 418 g/mol. The molecular weight excluding hydrogens is 407 g/mol. The number of amides is 1. The number of carboxylic acid groups (broad SMARTS) is 1. The summed E-state index contributed by atoms with van der Waals surface area (Å²) in [5.41, 5.74) is 7.98.